The van der Waals surface area contributed by atoms with Crippen LogP contribution in [-0.2, 0) is 16.0 Å². The van der Waals surface area contributed by atoms with Gasteiger partial charge in [0.1, 0.15) is 6.04 Å². The molecule has 0 aromatic heterocycles. The molecule has 1 aliphatic rings. The molecule has 2 rings (SSSR count). The first-order chi connectivity index (χ1) is 9.50. The number of benzene rings is 1. The number of amides is 1. The summed E-state index contributed by atoms with van der Waals surface area (Å²) in [5.74, 6) is -0.964. The Morgan fingerprint density at radius 1 is 1.25 bits per heavy atom. The number of nitrogens with zero attached hydrogens (tertiary/aromatic N) is 1. The second kappa shape index (κ2) is 6.07. The summed E-state index contributed by atoms with van der Waals surface area (Å²) < 4.78 is 0. The lowest BCUT2D eigenvalue weighted by atomic mass is 9.97. The van der Waals surface area contributed by atoms with E-state index in [4.69, 9.17) is 0 Å². The van der Waals surface area contributed by atoms with Gasteiger partial charge in [0.2, 0.25) is 5.91 Å². The fourth-order valence-corrected chi connectivity index (χ4v) is 2.87. The molecule has 0 spiro atoms. The lowest BCUT2D eigenvalue weighted by Crippen LogP contribution is -2.48. The number of carbonyl (C=O) groups excluding carboxylic acids is 1. The molecular weight excluding hydrogens is 254 g/mol. The molecule has 1 heterocycles. The maximum Gasteiger partial charge on any atom is 0.326 e. The average Bonchev–Trinajstić information content (AvgIpc) is 2.43. The summed E-state index contributed by atoms with van der Waals surface area (Å²) >= 11 is 0. The summed E-state index contributed by atoms with van der Waals surface area (Å²) in [5.41, 5.74) is 3.19. The lowest BCUT2D eigenvalue weighted by molar-refractivity contribution is -0.151. The molecule has 108 valence electrons. The third-order valence-electron chi connectivity index (χ3n) is 4.08. The monoisotopic (exact) mass is 275 g/mol. The zero-order chi connectivity index (χ0) is 14.7. The van der Waals surface area contributed by atoms with Crippen LogP contribution in [0.25, 0.3) is 0 Å². The molecule has 4 heteroatoms. The maximum absolute atomic E-state index is 12.4. The number of carboxylic acid groups (broad SMARTS) is 1. The molecule has 1 aromatic carbocycles. The van der Waals surface area contributed by atoms with E-state index in [-0.39, 0.29) is 5.91 Å². The van der Waals surface area contributed by atoms with Crippen molar-refractivity contribution >= 4 is 11.9 Å². The maximum atomic E-state index is 12.4. The Morgan fingerprint density at radius 3 is 2.50 bits per heavy atom. The van der Waals surface area contributed by atoms with Crippen LogP contribution in [0.4, 0.5) is 0 Å². The zero-order valence-electron chi connectivity index (χ0n) is 12.1. The molecule has 4 nitrogen and oxygen atoms in total. The van der Waals surface area contributed by atoms with Crippen molar-refractivity contribution in [1.29, 1.82) is 0 Å². The standard InChI is InChI=1S/C16H21NO3/c1-11-6-5-7-12(2)13(11)10-15(18)17-9-4-3-8-14(17)16(19)20/h5-7,14H,3-4,8-10H2,1-2H3,(H,19,20)/t14-/m1/s1. The first-order valence-electron chi connectivity index (χ1n) is 7.08. The van der Waals surface area contributed by atoms with Crippen molar-refractivity contribution in [3.05, 3.63) is 34.9 Å². The fourth-order valence-electron chi connectivity index (χ4n) is 2.87. The van der Waals surface area contributed by atoms with E-state index in [9.17, 15) is 14.7 Å². The Bertz CT molecular complexity index is 504. The molecule has 0 saturated carbocycles. The van der Waals surface area contributed by atoms with E-state index in [0.29, 0.717) is 19.4 Å². The van der Waals surface area contributed by atoms with Crippen LogP contribution in [0.2, 0.25) is 0 Å². The van der Waals surface area contributed by atoms with E-state index in [2.05, 4.69) is 0 Å². The van der Waals surface area contributed by atoms with Gasteiger partial charge < -0.3 is 10.0 Å². The first-order valence-corrected chi connectivity index (χ1v) is 7.08. The minimum Gasteiger partial charge on any atom is -0.480 e. The highest BCUT2D eigenvalue weighted by molar-refractivity contribution is 5.85. The number of hydrogen-bond acceptors (Lipinski definition) is 2. The predicted octanol–water partition coefficient (Wildman–Crippen LogP) is 2.31. The van der Waals surface area contributed by atoms with E-state index in [1.54, 1.807) is 0 Å². The Kier molecular flexibility index (Phi) is 4.42. The van der Waals surface area contributed by atoms with Crippen LogP contribution in [0, 0.1) is 13.8 Å². The molecule has 0 bridgehead atoms. The topological polar surface area (TPSA) is 57.6 Å². The van der Waals surface area contributed by atoms with Gasteiger partial charge in [0.15, 0.2) is 0 Å². The van der Waals surface area contributed by atoms with Crippen LogP contribution in [0.15, 0.2) is 18.2 Å². The number of carboxylic acids is 1. The van der Waals surface area contributed by atoms with Gasteiger partial charge in [-0.3, -0.25) is 4.79 Å². The van der Waals surface area contributed by atoms with Crippen LogP contribution in [0.5, 0.6) is 0 Å². The van der Waals surface area contributed by atoms with E-state index in [1.165, 1.54) is 4.90 Å². The molecule has 20 heavy (non-hydrogen) atoms. The second-order valence-corrected chi connectivity index (χ2v) is 5.48. The minimum absolute atomic E-state index is 0.0745. The van der Waals surface area contributed by atoms with Gasteiger partial charge in [-0.05, 0) is 49.8 Å². The molecule has 1 N–H and O–H groups in total. The fraction of sp³-hybridized carbons (Fsp3) is 0.500. The Labute approximate surface area is 119 Å². The molecule has 1 saturated heterocycles. The summed E-state index contributed by atoms with van der Waals surface area (Å²) in [5, 5.41) is 9.24. The van der Waals surface area contributed by atoms with Gasteiger partial charge in [-0.2, -0.15) is 0 Å². The van der Waals surface area contributed by atoms with E-state index in [1.807, 2.05) is 32.0 Å². The SMILES string of the molecule is Cc1cccc(C)c1CC(=O)N1CCCC[C@@H]1C(=O)O. The number of hydrogen-bond donors (Lipinski definition) is 1. The molecule has 0 unspecified atom stereocenters. The Hall–Kier alpha value is -1.84. The van der Waals surface area contributed by atoms with Gasteiger partial charge >= 0.3 is 5.97 Å². The van der Waals surface area contributed by atoms with E-state index in [0.717, 1.165) is 29.5 Å². The highest BCUT2D eigenvalue weighted by Gasteiger charge is 2.31. The molecule has 0 aliphatic carbocycles. The van der Waals surface area contributed by atoms with Crippen molar-refractivity contribution in [2.75, 3.05) is 6.54 Å². The Morgan fingerprint density at radius 2 is 1.90 bits per heavy atom. The predicted molar refractivity (Wildman–Crippen MR) is 76.6 cm³/mol. The van der Waals surface area contributed by atoms with Gasteiger partial charge in [-0.25, -0.2) is 4.79 Å². The summed E-state index contributed by atoms with van der Waals surface area (Å²) in [6.45, 7) is 4.53. The van der Waals surface area contributed by atoms with Crippen LogP contribution < -0.4 is 0 Å². The summed E-state index contributed by atoms with van der Waals surface area (Å²) in [4.78, 5) is 25.3. The highest BCUT2D eigenvalue weighted by Crippen LogP contribution is 2.20. The van der Waals surface area contributed by atoms with Crippen molar-refractivity contribution < 1.29 is 14.7 Å². The number of aliphatic carboxylic acids is 1. The quantitative estimate of drug-likeness (QED) is 0.921. The highest BCUT2D eigenvalue weighted by atomic mass is 16.4. The third kappa shape index (κ3) is 3.00. The van der Waals surface area contributed by atoms with Gasteiger partial charge in [0.25, 0.3) is 0 Å². The number of likely N-dealkylation sites (tertiary alicyclic amines) is 1. The van der Waals surface area contributed by atoms with Crippen molar-refractivity contribution in [2.24, 2.45) is 0 Å². The normalized spacial score (nSPS) is 18.9. The van der Waals surface area contributed by atoms with Gasteiger partial charge in [0.05, 0.1) is 6.42 Å². The number of aryl methyl sites for hydroxylation is 2. The van der Waals surface area contributed by atoms with Crippen LogP contribution >= 0.6 is 0 Å². The average molecular weight is 275 g/mol. The second-order valence-electron chi connectivity index (χ2n) is 5.48. The van der Waals surface area contributed by atoms with Gasteiger partial charge in [-0.15, -0.1) is 0 Å². The van der Waals surface area contributed by atoms with Gasteiger partial charge in [0, 0.05) is 6.54 Å². The largest absolute Gasteiger partial charge is 0.480 e. The molecule has 1 aliphatic heterocycles. The van der Waals surface area contributed by atoms with Gasteiger partial charge in [-0.1, -0.05) is 18.2 Å². The lowest BCUT2D eigenvalue weighted by Gasteiger charge is -2.33. The van der Waals surface area contributed by atoms with Crippen LogP contribution in [0.1, 0.15) is 36.0 Å². The molecule has 1 amide bonds. The molecule has 1 atom stereocenters. The number of carbonyl (C=O) groups is 2. The van der Waals surface area contributed by atoms with Crippen molar-refractivity contribution in [3.63, 3.8) is 0 Å². The summed E-state index contributed by atoms with van der Waals surface area (Å²) in [7, 11) is 0. The van der Waals surface area contributed by atoms with Crippen LogP contribution in [0.3, 0.4) is 0 Å². The smallest absolute Gasteiger partial charge is 0.326 e. The van der Waals surface area contributed by atoms with E-state index >= 15 is 0 Å². The summed E-state index contributed by atoms with van der Waals surface area (Å²) in [6, 6.07) is 5.29. The number of rotatable bonds is 3. The van der Waals surface area contributed by atoms with Crippen LogP contribution in [-0.4, -0.2) is 34.5 Å². The number of piperidine rings is 1. The summed E-state index contributed by atoms with van der Waals surface area (Å²) in [6.07, 6.45) is 2.63. The molecule has 1 aromatic rings. The van der Waals surface area contributed by atoms with E-state index < -0.39 is 12.0 Å². The third-order valence-corrected chi connectivity index (χ3v) is 4.08. The van der Waals surface area contributed by atoms with Crippen molar-refractivity contribution in [2.45, 2.75) is 45.6 Å². The minimum atomic E-state index is -0.889. The molecule has 0 radical (unpaired) electrons. The van der Waals surface area contributed by atoms with Crippen molar-refractivity contribution in [3.8, 4) is 0 Å². The Balaban J connectivity index is 2.16. The van der Waals surface area contributed by atoms with Crippen molar-refractivity contribution in [1.82, 2.24) is 4.90 Å². The zero-order valence-corrected chi connectivity index (χ0v) is 12.1. The first kappa shape index (κ1) is 14.6. The molecular formula is C16H21NO3. The molecule has 1 fully saturated rings.